The molecule has 2 rings (SSSR count). The molecule has 1 heterocycles. The molecule has 1 unspecified atom stereocenters. The van der Waals surface area contributed by atoms with E-state index in [2.05, 4.69) is 0 Å². The van der Waals surface area contributed by atoms with Gasteiger partial charge in [-0.1, -0.05) is 0 Å². The third kappa shape index (κ3) is 1.51. The molecule has 0 bridgehead atoms. The topological polar surface area (TPSA) is 60.1 Å². The molecule has 0 saturated carbocycles. The van der Waals surface area contributed by atoms with Crippen LogP contribution in [0.5, 0.6) is 0 Å². The zero-order valence-electron chi connectivity index (χ0n) is 6.82. The lowest BCUT2D eigenvalue weighted by Gasteiger charge is -1.97. The third-order valence-corrected chi connectivity index (χ3v) is 1.92. The van der Waals surface area contributed by atoms with Crippen molar-refractivity contribution in [2.45, 2.75) is 6.10 Å². The number of hydrogen-bond acceptors (Lipinski definition) is 3. The molecule has 1 saturated heterocycles. The van der Waals surface area contributed by atoms with Crippen LogP contribution in [-0.4, -0.2) is 6.61 Å². The number of ether oxygens (including phenoxy) is 1. The molecule has 62 valence electrons. The highest BCUT2D eigenvalue weighted by atomic mass is 16.6. The molecule has 0 amide bonds. The van der Waals surface area contributed by atoms with Crippen molar-refractivity contribution in [3.05, 3.63) is 34.9 Å². The number of benzene rings is 1. The Kier molecular flexibility index (Phi) is 1.73. The molecule has 0 aromatic heterocycles. The third-order valence-electron chi connectivity index (χ3n) is 1.92. The van der Waals surface area contributed by atoms with Gasteiger partial charge >= 0.3 is 0 Å². The Labute approximate surface area is 75.8 Å². The van der Waals surface area contributed by atoms with Crippen LogP contribution in [0.1, 0.15) is 22.8 Å². The van der Waals surface area contributed by atoms with Crippen LogP contribution in [0, 0.1) is 22.7 Å². The van der Waals surface area contributed by atoms with E-state index < -0.39 is 0 Å². The van der Waals surface area contributed by atoms with Gasteiger partial charge in [0.25, 0.3) is 0 Å². The van der Waals surface area contributed by atoms with Gasteiger partial charge in [-0.2, -0.15) is 10.5 Å². The maximum Gasteiger partial charge on any atom is 0.106 e. The predicted octanol–water partition coefficient (Wildman–Crippen LogP) is 1.50. The SMILES string of the molecule is N#Cc1cc(C#N)cc(C2CO2)c1. The van der Waals surface area contributed by atoms with Gasteiger partial charge in [0.1, 0.15) is 6.10 Å². The van der Waals surface area contributed by atoms with Gasteiger partial charge in [-0.25, -0.2) is 0 Å². The molecule has 0 aliphatic carbocycles. The van der Waals surface area contributed by atoms with E-state index in [1.165, 1.54) is 0 Å². The van der Waals surface area contributed by atoms with E-state index in [9.17, 15) is 0 Å². The minimum absolute atomic E-state index is 0.0976. The number of hydrogen-bond donors (Lipinski definition) is 0. The molecule has 13 heavy (non-hydrogen) atoms. The summed E-state index contributed by atoms with van der Waals surface area (Å²) in [5.74, 6) is 0. The minimum atomic E-state index is 0.0976. The molecule has 0 radical (unpaired) electrons. The summed E-state index contributed by atoms with van der Waals surface area (Å²) < 4.78 is 5.07. The summed E-state index contributed by atoms with van der Waals surface area (Å²) in [5, 5.41) is 17.4. The Morgan fingerprint density at radius 3 is 2.08 bits per heavy atom. The summed E-state index contributed by atoms with van der Waals surface area (Å²) in [6.45, 7) is 0.694. The van der Waals surface area contributed by atoms with Gasteiger partial charge < -0.3 is 4.74 Å². The van der Waals surface area contributed by atoms with Crippen molar-refractivity contribution in [3.8, 4) is 12.1 Å². The van der Waals surface area contributed by atoms with Crippen molar-refractivity contribution in [1.82, 2.24) is 0 Å². The lowest BCUT2D eigenvalue weighted by atomic mass is 10.1. The summed E-state index contributed by atoms with van der Waals surface area (Å²) in [7, 11) is 0. The standard InChI is InChI=1S/C10H6N2O/c11-4-7-1-8(5-12)3-9(2-7)10-6-13-10/h1-3,10H,6H2. The maximum absolute atomic E-state index is 8.68. The summed E-state index contributed by atoms with van der Waals surface area (Å²) >= 11 is 0. The zero-order valence-corrected chi connectivity index (χ0v) is 6.82. The first kappa shape index (κ1) is 7.79. The van der Waals surface area contributed by atoms with Gasteiger partial charge in [-0.05, 0) is 23.8 Å². The molecule has 1 aliphatic rings. The molecule has 3 heteroatoms. The summed E-state index contributed by atoms with van der Waals surface area (Å²) in [6.07, 6.45) is 0.0976. The Bertz CT molecular complexity index is 389. The Hall–Kier alpha value is -1.84. The first-order valence-corrected chi connectivity index (χ1v) is 3.90. The Morgan fingerprint density at radius 2 is 1.69 bits per heavy atom. The molecular formula is C10H6N2O. The quantitative estimate of drug-likeness (QED) is 0.600. The molecule has 1 aromatic carbocycles. The number of rotatable bonds is 1. The normalized spacial score (nSPS) is 18.8. The molecule has 0 N–H and O–H groups in total. The second kappa shape index (κ2) is 2.90. The first-order chi connectivity index (χ1) is 6.33. The number of epoxide rings is 1. The van der Waals surface area contributed by atoms with Crippen LogP contribution >= 0.6 is 0 Å². The Morgan fingerprint density at radius 1 is 1.15 bits per heavy atom. The second-order valence-electron chi connectivity index (χ2n) is 2.89. The van der Waals surface area contributed by atoms with Crippen molar-refractivity contribution in [2.24, 2.45) is 0 Å². The highest BCUT2D eigenvalue weighted by Crippen LogP contribution is 2.30. The van der Waals surface area contributed by atoms with Gasteiger partial charge in [0.05, 0.1) is 29.9 Å². The Balaban J connectivity index is 2.47. The van der Waals surface area contributed by atoms with E-state index in [-0.39, 0.29) is 6.10 Å². The fourth-order valence-electron chi connectivity index (χ4n) is 1.21. The van der Waals surface area contributed by atoms with Crippen molar-refractivity contribution in [1.29, 1.82) is 10.5 Å². The molecule has 1 atom stereocenters. The second-order valence-corrected chi connectivity index (χ2v) is 2.89. The fourth-order valence-corrected chi connectivity index (χ4v) is 1.21. The van der Waals surface area contributed by atoms with E-state index in [0.29, 0.717) is 17.7 Å². The van der Waals surface area contributed by atoms with Gasteiger partial charge in [-0.15, -0.1) is 0 Å². The average Bonchev–Trinajstić information content (AvgIpc) is 3.00. The van der Waals surface area contributed by atoms with Crippen LogP contribution in [-0.2, 0) is 4.74 Å². The molecule has 1 fully saturated rings. The van der Waals surface area contributed by atoms with E-state index in [4.69, 9.17) is 15.3 Å². The van der Waals surface area contributed by atoms with E-state index in [1.54, 1.807) is 18.2 Å². The maximum atomic E-state index is 8.68. The summed E-state index contributed by atoms with van der Waals surface area (Å²) in [6, 6.07) is 9.14. The lowest BCUT2D eigenvalue weighted by Crippen LogP contribution is -1.86. The van der Waals surface area contributed by atoms with Gasteiger partial charge in [-0.3, -0.25) is 0 Å². The zero-order chi connectivity index (χ0) is 9.26. The van der Waals surface area contributed by atoms with Crippen LogP contribution in [0.15, 0.2) is 18.2 Å². The molecule has 0 spiro atoms. The van der Waals surface area contributed by atoms with Gasteiger partial charge in [0.15, 0.2) is 0 Å². The smallest absolute Gasteiger partial charge is 0.106 e. The average molecular weight is 170 g/mol. The highest BCUT2D eigenvalue weighted by Gasteiger charge is 2.25. The first-order valence-electron chi connectivity index (χ1n) is 3.90. The van der Waals surface area contributed by atoms with Crippen LogP contribution in [0.25, 0.3) is 0 Å². The largest absolute Gasteiger partial charge is 0.368 e. The molecule has 1 aliphatic heterocycles. The van der Waals surface area contributed by atoms with Crippen molar-refractivity contribution in [2.75, 3.05) is 6.61 Å². The van der Waals surface area contributed by atoms with E-state index in [0.717, 1.165) is 5.56 Å². The lowest BCUT2D eigenvalue weighted by molar-refractivity contribution is 0.415. The summed E-state index contributed by atoms with van der Waals surface area (Å²) in [4.78, 5) is 0. The van der Waals surface area contributed by atoms with Gasteiger partial charge in [0.2, 0.25) is 0 Å². The van der Waals surface area contributed by atoms with Crippen LogP contribution in [0.4, 0.5) is 0 Å². The van der Waals surface area contributed by atoms with Crippen LogP contribution < -0.4 is 0 Å². The monoisotopic (exact) mass is 170 g/mol. The fraction of sp³-hybridized carbons (Fsp3) is 0.200. The van der Waals surface area contributed by atoms with Crippen molar-refractivity contribution in [3.63, 3.8) is 0 Å². The molecule has 3 nitrogen and oxygen atoms in total. The number of nitriles is 2. The van der Waals surface area contributed by atoms with Crippen molar-refractivity contribution >= 4 is 0 Å². The van der Waals surface area contributed by atoms with Crippen LogP contribution in [0.2, 0.25) is 0 Å². The van der Waals surface area contributed by atoms with E-state index >= 15 is 0 Å². The highest BCUT2D eigenvalue weighted by molar-refractivity contribution is 5.43. The number of nitrogens with zero attached hydrogens (tertiary/aromatic N) is 2. The van der Waals surface area contributed by atoms with Gasteiger partial charge in [0, 0.05) is 0 Å². The summed E-state index contributed by atoms with van der Waals surface area (Å²) in [5.41, 5.74) is 1.96. The minimum Gasteiger partial charge on any atom is -0.368 e. The van der Waals surface area contributed by atoms with Crippen molar-refractivity contribution < 1.29 is 4.74 Å². The molecule has 1 aromatic rings. The molecular weight excluding hydrogens is 164 g/mol. The predicted molar refractivity (Wildman–Crippen MR) is 44.6 cm³/mol. The van der Waals surface area contributed by atoms with E-state index in [1.807, 2.05) is 12.1 Å². The van der Waals surface area contributed by atoms with Crippen LogP contribution in [0.3, 0.4) is 0 Å².